The topological polar surface area (TPSA) is 54.5 Å². The summed E-state index contributed by atoms with van der Waals surface area (Å²) in [6.45, 7) is 3.18. The first kappa shape index (κ1) is 16.0. The molecule has 0 bridgehead atoms. The molecule has 1 amide bonds. The van der Waals surface area contributed by atoms with Crippen LogP contribution < -0.4 is 10.1 Å². The summed E-state index contributed by atoms with van der Waals surface area (Å²) >= 11 is 1.49. The molecular formula is C17H21N3O2S. The lowest BCUT2D eigenvalue weighted by Gasteiger charge is -2.11. The van der Waals surface area contributed by atoms with Crippen LogP contribution in [0.5, 0.6) is 5.75 Å². The van der Waals surface area contributed by atoms with Crippen molar-refractivity contribution in [2.45, 2.75) is 25.8 Å². The molecule has 0 saturated carbocycles. The maximum absolute atomic E-state index is 12.1. The van der Waals surface area contributed by atoms with Gasteiger partial charge in [0.2, 0.25) is 5.91 Å². The number of hydrogen-bond donors (Lipinski definition) is 1. The monoisotopic (exact) mass is 331 g/mol. The molecule has 2 aromatic rings. The average molecular weight is 331 g/mol. The van der Waals surface area contributed by atoms with Gasteiger partial charge in [-0.05, 0) is 43.6 Å². The first-order valence-corrected chi connectivity index (χ1v) is 8.70. The van der Waals surface area contributed by atoms with Crippen molar-refractivity contribution in [3.8, 4) is 5.75 Å². The van der Waals surface area contributed by atoms with Gasteiger partial charge in [0, 0.05) is 11.9 Å². The Hall–Kier alpha value is -1.92. The predicted octanol–water partition coefficient (Wildman–Crippen LogP) is 2.93. The third-order valence-electron chi connectivity index (χ3n) is 3.91. The van der Waals surface area contributed by atoms with Crippen LogP contribution in [0, 0.1) is 0 Å². The van der Waals surface area contributed by atoms with Gasteiger partial charge >= 0.3 is 0 Å². The van der Waals surface area contributed by atoms with E-state index in [4.69, 9.17) is 4.74 Å². The third-order valence-corrected chi connectivity index (χ3v) is 4.71. The molecule has 1 N–H and O–H groups in total. The number of ether oxygens (including phenoxy) is 1. The number of nitrogens with one attached hydrogen (secondary N) is 1. The lowest BCUT2D eigenvalue weighted by molar-refractivity contribution is -0.115. The number of aromatic nitrogens is 1. The second-order valence-electron chi connectivity index (χ2n) is 5.70. The van der Waals surface area contributed by atoms with Gasteiger partial charge in [0.15, 0.2) is 5.13 Å². The van der Waals surface area contributed by atoms with Crippen molar-refractivity contribution in [3.05, 3.63) is 40.9 Å². The number of likely N-dealkylation sites (tertiary alicyclic amines) is 1. The van der Waals surface area contributed by atoms with Crippen molar-refractivity contribution in [2.24, 2.45) is 0 Å². The van der Waals surface area contributed by atoms with Gasteiger partial charge in [0.1, 0.15) is 5.75 Å². The number of carbonyl (C=O) groups is 1. The maximum atomic E-state index is 12.1. The van der Waals surface area contributed by atoms with Crippen molar-refractivity contribution in [1.29, 1.82) is 0 Å². The molecule has 122 valence electrons. The Morgan fingerprint density at radius 3 is 2.74 bits per heavy atom. The standard InChI is InChI=1S/C17H21N3O2S/c1-22-15-6-4-13(5-7-15)10-16(21)19-17-18-14(12-23-17)11-20-8-2-3-9-20/h4-7,12H,2-3,8-11H2,1H3,(H,18,19,21). The summed E-state index contributed by atoms with van der Waals surface area (Å²) in [6.07, 6.45) is 2.89. The van der Waals surface area contributed by atoms with E-state index in [1.807, 2.05) is 29.6 Å². The molecule has 0 unspecified atom stereocenters. The summed E-state index contributed by atoms with van der Waals surface area (Å²) in [5, 5.41) is 5.59. The van der Waals surface area contributed by atoms with Gasteiger partial charge in [-0.3, -0.25) is 9.69 Å². The predicted molar refractivity (Wildman–Crippen MR) is 92.0 cm³/mol. The number of carbonyl (C=O) groups excluding carboxylic acids is 1. The van der Waals surface area contributed by atoms with Crippen molar-refractivity contribution in [3.63, 3.8) is 0 Å². The molecular weight excluding hydrogens is 310 g/mol. The fraction of sp³-hybridized carbons (Fsp3) is 0.412. The smallest absolute Gasteiger partial charge is 0.230 e. The number of amides is 1. The lowest BCUT2D eigenvalue weighted by atomic mass is 10.1. The number of rotatable bonds is 6. The minimum atomic E-state index is -0.0442. The number of hydrogen-bond acceptors (Lipinski definition) is 5. The molecule has 1 aromatic heterocycles. The Morgan fingerprint density at radius 2 is 2.04 bits per heavy atom. The molecule has 5 nitrogen and oxygen atoms in total. The highest BCUT2D eigenvalue weighted by molar-refractivity contribution is 7.13. The van der Waals surface area contributed by atoms with Crippen LogP contribution in [0.2, 0.25) is 0 Å². The molecule has 1 aromatic carbocycles. The van der Waals surface area contributed by atoms with Gasteiger partial charge in [0.25, 0.3) is 0 Å². The van der Waals surface area contributed by atoms with E-state index in [-0.39, 0.29) is 5.91 Å². The summed E-state index contributed by atoms with van der Waals surface area (Å²) in [5.41, 5.74) is 1.99. The minimum absolute atomic E-state index is 0.0442. The summed E-state index contributed by atoms with van der Waals surface area (Å²) in [6, 6.07) is 7.53. The highest BCUT2D eigenvalue weighted by Gasteiger charge is 2.14. The number of benzene rings is 1. The summed E-state index contributed by atoms with van der Waals surface area (Å²) < 4.78 is 5.11. The van der Waals surface area contributed by atoms with Gasteiger partial charge in [-0.1, -0.05) is 12.1 Å². The second-order valence-corrected chi connectivity index (χ2v) is 6.56. The van der Waals surface area contributed by atoms with Crippen molar-refractivity contribution in [2.75, 3.05) is 25.5 Å². The van der Waals surface area contributed by atoms with Crippen LogP contribution in [0.15, 0.2) is 29.6 Å². The molecule has 1 aliphatic rings. The summed E-state index contributed by atoms with van der Waals surface area (Å²) in [7, 11) is 1.63. The van der Waals surface area contributed by atoms with Crippen molar-refractivity contribution < 1.29 is 9.53 Å². The number of nitrogens with zero attached hydrogens (tertiary/aromatic N) is 2. The van der Waals surface area contributed by atoms with E-state index in [1.54, 1.807) is 7.11 Å². The fourth-order valence-electron chi connectivity index (χ4n) is 2.70. The van der Waals surface area contributed by atoms with E-state index >= 15 is 0 Å². The molecule has 0 radical (unpaired) electrons. The molecule has 1 aliphatic heterocycles. The molecule has 1 fully saturated rings. The third kappa shape index (κ3) is 4.53. The van der Waals surface area contributed by atoms with Gasteiger partial charge in [0.05, 0.1) is 19.2 Å². The Kier molecular flexibility index (Phi) is 5.25. The first-order valence-electron chi connectivity index (χ1n) is 7.82. The quantitative estimate of drug-likeness (QED) is 0.884. The highest BCUT2D eigenvalue weighted by atomic mass is 32.1. The summed E-state index contributed by atoms with van der Waals surface area (Å²) in [4.78, 5) is 19.0. The Morgan fingerprint density at radius 1 is 1.30 bits per heavy atom. The van der Waals surface area contributed by atoms with Gasteiger partial charge in [-0.15, -0.1) is 11.3 Å². The summed E-state index contributed by atoms with van der Waals surface area (Å²) in [5.74, 6) is 0.748. The average Bonchev–Trinajstić information content (AvgIpc) is 3.21. The van der Waals surface area contributed by atoms with E-state index in [1.165, 1.54) is 24.2 Å². The lowest BCUT2D eigenvalue weighted by Crippen LogP contribution is -2.18. The molecule has 2 heterocycles. The maximum Gasteiger partial charge on any atom is 0.230 e. The van der Waals surface area contributed by atoms with Crippen molar-refractivity contribution in [1.82, 2.24) is 9.88 Å². The van der Waals surface area contributed by atoms with Crippen LogP contribution in [-0.4, -0.2) is 36.0 Å². The zero-order chi connectivity index (χ0) is 16.1. The molecule has 3 rings (SSSR count). The Bertz CT molecular complexity index is 648. The van der Waals surface area contributed by atoms with E-state index in [2.05, 4.69) is 15.2 Å². The van der Waals surface area contributed by atoms with Crippen LogP contribution in [0.3, 0.4) is 0 Å². The molecule has 0 aliphatic carbocycles. The number of anilines is 1. The number of methoxy groups -OCH3 is 1. The zero-order valence-electron chi connectivity index (χ0n) is 13.2. The molecule has 23 heavy (non-hydrogen) atoms. The van der Waals surface area contributed by atoms with E-state index in [0.29, 0.717) is 11.6 Å². The van der Waals surface area contributed by atoms with Crippen LogP contribution in [0.4, 0.5) is 5.13 Å². The fourth-order valence-corrected chi connectivity index (χ4v) is 3.42. The van der Waals surface area contributed by atoms with Crippen LogP contribution in [0.25, 0.3) is 0 Å². The van der Waals surface area contributed by atoms with E-state index < -0.39 is 0 Å². The van der Waals surface area contributed by atoms with Gasteiger partial charge < -0.3 is 10.1 Å². The molecule has 6 heteroatoms. The molecule has 0 spiro atoms. The Balaban J connectivity index is 1.51. The highest BCUT2D eigenvalue weighted by Crippen LogP contribution is 2.19. The van der Waals surface area contributed by atoms with E-state index in [0.717, 1.165) is 36.6 Å². The van der Waals surface area contributed by atoms with Crippen molar-refractivity contribution >= 4 is 22.4 Å². The van der Waals surface area contributed by atoms with Crippen LogP contribution in [-0.2, 0) is 17.8 Å². The minimum Gasteiger partial charge on any atom is -0.497 e. The normalized spacial score (nSPS) is 14.8. The van der Waals surface area contributed by atoms with Gasteiger partial charge in [-0.2, -0.15) is 0 Å². The van der Waals surface area contributed by atoms with Crippen LogP contribution in [0.1, 0.15) is 24.1 Å². The van der Waals surface area contributed by atoms with Crippen LogP contribution >= 0.6 is 11.3 Å². The second kappa shape index (κ2) is 7.57. The molecule has 1 saturated heterocycles. The zero-order valence-corrected chi connectivity index (χ0v) is 14.1. The largest absolute Gasteiger partial charge is 0.497 e. The molecule has 0 atom stereocenters. The van der Waals surface area contributed by atoms with E-state index in [9.17, 15) is 4.79 Å². The van der Waals surface area contributed by atoms with Gasteiger partial charge in [-0.25, -0.2) is 4.98 Å². The Labute approximate surface area is 140 Å². The number of thiazole rings is 1. The first-order chi connectivity index (χ1) is 11.2. The SMILES string of the molecule is COc1ccc(CC(=O)Nc2nc(CN3CCCC3)cs2)cc1.